The number of hydrogen-bond acceptors (Lipinski definition) is 2. The lowest BCUT2D eigenvalue weighted by Crippen LogP contribution is -2.36. The predicted molar refractivity (Wildman–Crippen MR) is 62.5 cm³/mol. The zero-order valence-corrected chi connectivity index (χ0v) is 9.75. The Labute approximate surface area is 93.2 Å². The molecule has 88 valence electrons. The van der Waals surface area contributed by atoms with Crippen molar-refractivity contribution in [1.82, 2.24) is 0 Å². The highest BCUT2D eigenvalue weighted by Gasteiger charge is 2.37. The summed E-state index contributed by atoms with van der Waals surface area (Å²) in [5.41, 5.74) is 5.98. The summed E-state index contributed by atoms with van der Waals surface area (Å²) in [4.78, 5) is 0. The van der Waals surface area contributed by atoms with Gasteiger partial charge in [-0.25, -0.2) is 0 Å². The van der Waals surface area contributed by atoms with Crippen LogP contribution in [-0.4, -0.2) is 18.3 Å². The predicted octanol–water partition coefficient (Wildman–Crippen LogP) is 2.30. The van der Waals surface area contributed by atoms with Crippen LogP contribution in [0.1, 0.15) is 51.4 Å². The van der Waals surface area contributed by atoms with Gasteiger partial charge in [-0.3, -0.25) is 0 Å². The van der Waals surface area contributed by atoms with Crippen LogP contribution in [0.5, 0.6) is 0 Å². The maximum absolute atomic E-state index is 9.63. The van der Waals surface area contributed by atoms with Crippen molar-refractivity contribution in [3.8, 4) is 0 Å². The molecule has 2 rings (SSSR count). The van der Waals surface area contributed by atoms with Gasteiger partial charge in [-0.1, -0.05) is 38.5 Å². The summed E-state index contributed by atoms with van der Waals surface area (Å²) >= 11 is 0. The highest BCUT2D eigenvalue weighted by molar-refractivity contribution is 4.89. The van der Waals surface area contributed by atoms with Gasteiger partial charge in [0.1, 0.15) is 0 Å². The van der Waals surface area contributed by atoms with Crippen LogP contribution in [0.15, 0.2) is 0 Å². The lowest BCUT2D eigenvalue weighted by Gasteiger charge is -2.33. The Bertz CT molecular complexity index is 191. The molecule has 2 nitrogen and oxygen atoms in total. The average molecular weight is 211 g/mol. The first-order chi connectivity index (χ1) is 7.28. The first-order valence-electron chi connectivity index (χ1n) is 6.59. The Morgan fingerprint density at radius 3 is 1.93 bits per heavy atom. The van der Waals surface area contributed by atoms with Crippen LogP contribution < -0.4 is 5.73 Å². The van der Waals surface area contributed by atoms with E-state index in [-0.39, 0.29) is 5.41 Å². The number of aliphatic hydroxyl groups excluding tert-OH is 1. The van der Waals surface area contributed by atoms with Crippen molar-refractivity contribution < 1.29 is 5.11 Å². The van der Waals surface area contributed by atoms with Gasteiger partial charge >= 0.3 is 0 Å². The molecule has 0 radical (unpaired) electrons. The summed E-state index contributed by atoms with van der Waals surface area (Å²) in [6, 6.07) is 0. The molecule has 2 saturated carbocycles. The third-order valence-electron chi connectivity index (χ3n) is 4.38. The normalized spacial score (nSPS) is 26.8. The van der Waals surface area contributed by atoms with Crippen LogP contribution in [0, 0.1) is 17.3 Å². The Hall–Kier alpha value is -0.0800. The summed E-state index contributed by atoms with van der Waals surface area (Å²) in [5.74, 6) is 1.72. The second-order valence-corrected chi connectivity index (χ2v) is 5.86. The quantitative estimate of drug-likeness (QED) is 0.708. The molecule has 1 unspecified atom stereocenters. The fourth-order valence-corrected chi connectivity index (χ4v) is 3.20. The molecule has 0 aliphatic heterocycles. The topological polar surface area (TPSA) is 46.2 Å². The minimum atomic E-state index is 0.0656. The van der Waals surface area contributed by atoms with E-state index in [1.54, 1.807) is 0 Å². The maximum atomic E-state index is 9.63. The fraction of sp³-hybridized carbons (Fsp3) is 1.00. The lowest BCUT2D eigenvalue weighted by atomic mass is 9.75. The molecule has 0 saturated heterocycles. The van der Waals surface area contributed by atoms with Crippen LogP contribution in [0.3, 0.4) is 0 Å². The summed E-state index contributed by atoms with van der Waals surface area (Å²) in [6.07, 6.45) is 10.6. The highest BCUT2D eigenvalue weighted by Crippen LogP contribution is 2.45. The molecule has 0 aromatic rings. The van der Waals surface area contributed by atoms with E-state index in [1.807, 2.05) is 0 Å². The van der Waals surface area contributed by atoms with Gasteiger partial charge in [0.2, 0.25) is 0 Å². The standard InChI is InChI=1S/C13H25NO/c14-9-13(10-15,8-12-5-6-12)7-11-3-1-2-4-11/h11-12,15H,1-10,14H2. The molecule has 0 amide bonds. The van der Waals surface area contributed by atoms with Crippen LogP contribution in [-0.2, 0) is 0 Å². The van der Waals surface area contributed by atoms with Gasteiger partial charge in [-0.05, 0) is 24.7 Å². The van der Waals surface area contributed by atoms with E-state index in [0.717, 1.165) is 11.8 Å². The van der Waals surface area contributed by atoms with Crippen molar-refractivity contribution in [2.24, 2.45) is 23.0 Å². The van der Waals surface area contributed by atoms with Crippen LogP contribution in [0.2, 0.25) is 0 Å². The van der Waals surface area contributed by atoms with Crippen molar-refractivity contribution in [3.63, 3.8) is 0 Å². The van der Waals surface area contributed by atoms with Gasteiger partial charge in [0, 0.05) is 18.6 Å². The first-order valence-corrected chi connectivity index (χ1v) is 6.59. The summed E-state index contributed by atoms with van der Waals surface area (Å²) in [6.45, 7) is 0.979. The molecule has 0 aromatic heterocycles. The van der Waals surface area contributed by atoms with E-state index < -0.39 is 0 Å². The summed E-state index contributed by atoms with van der Waals surface area (Å²) in [5, 5.41) is 9.63. The molecule has 0 aromatic carbocycles. The van der Waals surface area contributed by atoms with Crippen molar-refractivity contribution in [1.29, 1.82) is 0 Å². The van der Waals surface area contributed by atoms with Gasteiger partial charge in [0.25, 0.3) is 0 Å². The first kappa shape index (κ1) is 11.4. The SMILES string of the molecule is NCC(CO)(CC1CCCC1)CC1CC1. The van der Waals surface area contributed by atoms with Crippen LogP contribution in [0.25, 0.3) is 0 Å². The Morgan fingerprint density at radius 2 is 1.53 bits per heavy atom. The van der Waals surface area contributed by atoms with E-state index >= 15 is 0 Å². The van der Waals surface area contributed by atoms with E-state index in [4.69, 9.17) is 5.73 Å². The molecule has 3 N–H and O–H groups in total. The Balaban J connectivity index is 1.89. The minimum absolute atomic E-state index is 0.0656. The number of hydrogen-bond donors (Lipinski definition) is 2. The van der Waals surface area contributed by atoms with Gasteiger partial charge in [-0.15, -0.1) is 0 Å². The third kappa shape index (κ3) is 2.94. The molecule has 2 aliphatic rings. The summed E-state index contributed by atoms with van der Waals surface area (Å²) < 4.78 is 0. The average Bonchev–Trinajstić information content (AvgIpc) is 2.92. The molecule has 2 heteroatoms. The zero-order chi connectivity index (χ0) is 10.7. The molecule has 2 fully saturated rings. The van der Waals surface area contributed by atoms with Gasteiger partial charge in [0.15, 0.2) is 0 Å². The summed E-state index contributed by atoms with van der Waals surface area (Å²) in [7, 11) is 0. The van der Waals surface area contributed by atoms with Crippen molar-refractivity contribution in [3.05, 3.63) is 0 Å². The van der Waals surface area contributed by atoms with Crippen LogP contribution in [0.4, 0.5) is 0 Å². The smallest absolute Gasteiger partial charge is 0.0499 e. The third-order valence-corrected chi connectivity index (χ3v) is 4.38. The van der Waals surface area contributed by atoms with E-state index in [2.05, 4.69) is 0 Å². The van der Waals surface area contributed by atoms with Crippen molar-refractivity contribution >= 4 is 0 Å². The zero-order valence-electron chi connectivity index (χ0n) is 9.75. The van der Waals surface area contributed by atoms with Crippen molar-refractivity contribution in [2.75, 3.05) is 13.2 Å². The van der Waals surface area contributed by atoms with E-state index in [1.165, 1.54) is 51.4 Å². The van der Waals surface area contributed by atoms with Gasteiger partial charge in [-0.2, -0.15) is 0 Å². The molecular weight excluding hydrogens is 186 g/mol. The highest BCUT2D eigenvalue weighted by atomic mass is 16.3. The molecular formula is C13H25NO. The largest absolute Gasteiger partial charge is 0.396 e. The minimum Gasteiger partial charge on any atom is -0.396 e. The number of rotatable bonds is 6. The Kier molecular flexibility index (Phi) is 3.68. The second-order valence-electron chi connectivity index (χ2n) is 5.86. The molecule has 0 bridgehead atoms. The Morgan fingerprint density at radius 1 is 1.00 bits per heavy atom. The second kappa shape index (κ2) is 4.84. The number of aliphatic hydroxyl groups is 1. The molecule has 2 aliphatic carbocycles. The molecule has 15 heavy (non-hydrogen) atoms. The lowest BCUT2D eigenvalue weighted by molar-refractivity contribution is 0.0881. The number of nitrogens with two attached hydrogens (primary N) is 1. The molecule has 0 heterocycles. The van der Waals surface area contributed by atoms with Gasteiger partial charge < -0.3 is 10.8 Å². The van der Waals surface area contributed by atoms with Crippen LogP contribution >= 0.6 is 0 Å². The molecule has 1 atom stereocenters. The fourth-order valence-electron chi connectivity index (χ4n) is 3.20. The van der Waals surface area contributed by atoms with E-state index in [9.17, 15) is 5.11 Å². The van der Waals surface area contributed by atoms with Crippen molar-refractivity contribution in [2.45, 2.75) is 51.4 Å². The van der Waals surface area contributed by atoms with Gasteiger partial charge in [0.05, 0.1) is 0 Å². The van der Waals surface area contributed by atoms with E-state index in [0.29, 0.717) is 13.2 Å². The maximum Gasteiger partial charge on any atom is 0.0499 e. The monoisotopic (exact) mass is 211 g/mol. The molecule has 0 spiro atoms.